The van der Waals surface area contributed by atoms with Crippen LogP contribution in [0.15, 0.2) is 12.1 Å². The fourth-order valence-electron chi connectivity index (χ4n) is 2.15. The second kappa shape index (κ2) is 6.33. The molecule has 0 radical (unpaired) electrons. The van der Waals surface area contributed by atoms with Crippen LogP contribution in [0.5, 0.6) is 5.88 Å². The minimum atomic E-state index is -0.433. The van der Waals surface area contributed by atoms with Crippen LogP contribution < -0.4 is 15.4 Å². The fraction of sp³-hybridized carbons (Fsp3) is 0.583. The van der Waals surface area contributed by atoms with Gasteiger partial charge in [0, 0.05) is 18.7 Å². The molecule has 0 aliphatic carbocycles. The SMILES string of the molecule is COc1ccc([N+](=O)[O-])c(NCC2CCNCC2)n1. The van der Waals surface area contributed by atoms with Crippen molar-refractivity contribution in [3.05, 3.63) is 22.2 Å². The second-order valence-corrected chi connectivity index (χ2v) is 4.55. The molecule has 0 unspecified atom stereocenters. The summed E-state index contributed by atoms with van der Waals surface area (Å²) in [6.07, 6.45) is 2.15. The number of pyridine rings is 1. The van der Waals surface area contributed by atoms with Gasteiger partial charge in [0.25, 0.3) is 0 Å². The van der Waals surface area contributed by atoms with Gasteiger partial charge in [-0.25, -0.2) is 0 Å². The molecule has 19 heavy (non-hydrogen) atoms. The van der Waals surface area contributed by atoms with E-state index in [2.05, 4.69) is 15.6 Å². The highest BCUT2D eigenvalue weighted by molar-refractivity contribution is 5.57. The van der Waals surface area contributed by atoms with Gasteiger partial charge in [-0.3, -0.25) is 10.1 Å². The summed E-state index contributed by atoms with van der Waals surface area (Å²) >= 11 is 0. The van der Waals surface area contributed by atoms with E-state index in [9.17, 15) is 10.1 Å². The van der Waals surface area contributed by atoms with Gasteiger partial charge in [0.2, 0.25) is 11.7 Å². The average molecular weight is 266 g/mol. The lowest BCUT2D eigenvalue weighted by atomic mass is 9.98. The molecule has 0 amide bonds. The van der Waals surface area contributed by atoms with Gasteiger partial charge >= 0.3 is 5.69 Å². The van der Waals surface area contributed by atoms with Crippen LogP contribution in [0.3, 0.4) is 0 Å². The number of rotatable bonds is 5. The number of hydrogen-bond acceptors (Lipinski definition) is 6. The van der Waals surface area contributed by atoms with Crippen LogP contribution in [0.25, 0.3) is 0 Å². The number of hydrogen-bond donors (Lipinski definition) is 2. The molecule has 0 aromatic carbocycles. The van der Waals surface area contributed by atoms with Crippen molar-refractivity contribution in [3.63, 3.8) is 0 Å². The van der Waals surface area contributed by atoms with E-state index in [0.717, 1.165) is 25.9 Å². The highest BCUT2D eigenvalue weighted by Crippen LogP contribution is 2.25. The summed E-state index contributed by atoms with van der Waals surface area (Å²) in [6, 6.07) is 2.91. The third-order valence-electron chi connectivity index (χ3n) is 3.27. The van der Waals surface area contributed by atoms with Gasteiger partial charge in [0.1, 0.15) is 0 Å². The molecule has 1 aliphatic rings. The highest BCUT2D eigenvalue weighted by atomic mass is 16.6. The van der Waals surface area contributed by atoms with E-state index < -0.39 is 4.92 Å². The van der Waals surface area contributed by atoms with E-state index in [4.69, 9.17) is 4.74 Å². The standard InChI is InChI=1S/C12H18N4O3/c1-19-11-3-2-10(16(17)18)12(15-11)14-8-9-4-6-13-7-5-9/h2-3,9,13H,4-8H2,1H3,(H,14,15). The predicted molar refractivity (Wildman–Crippen MR) is 71.5 cm³/mol. The van der Waals surface area contributed by atoms with E-state index in [-0.39, 0.29) is 11.5 Å². The lowest BCUT2D eigenvalue weighted by Gasteiger charge is -2.22. The number of nitro groups is 1. The Morgan fingerprint density at radius 2 is 2.26 bits per heavy atom. The molecule has 7 nitrogen and oxygen atoms in total. The first-order valence-electron chi connectivity index (χ1n) is 6.34. The summed E-state index contributed by atoms with van der Waals surface area (Å²) in [5.74, 6) is 1.18. The average Bonchev–Trinajstić information content (AvgIpc) is 2.45. The van der Waals surface area contributed by atoms with Crippen molar-refractivity contribution in [1.82, 2.24) is 10.3 Å². The minimum absolute atomic E-state index is 0.0188. The molecule has 0 saturated carbocycles. The van der Waals surface area contributed by atoms with Gasteiger partial charge < -0.3 is 15.4 Å². The first-order valence-corrected chi connectivity index (χ1v) is 6.34. The third kappa shape index (κ3) is 3.54. The number of piperidine rings is 1. The zero-order valence-corrected chi connectivity index (χ0v) is 10.9. The van der Waals surface area contributed by atoms with Crippen LogP contribution >= 0.6 is 0 Å². The summed E-state index contributed by atoms with van der Waals surface area (Å²) < 4.78 is 5.00. The molecular formula is C12H18N4O3. The number of methoxy groups -OCH3 is 1. The number of ether oxygens (including phenoxy) is 1. The molecule has 1 fully saturated rings. The molecule has 104 valence electrons. The van der Waals surface area contributed by atoms with Gasteiger partial charge in [0.05, 0.1) is 12.0 Å². The van der Waals surface area contributed by atoms with Crippen molar-refractivity contribution >= 4 is 11.5 Å². The molecule has 2 rings (SSSR count). The van der Waals surface area contributed by atoms with E-state index in [1.54, 1.807) is 0 Å². The van der Waals surface area contributed by atoms with Crippen molar-refractivity contribution < 1.29 is 9.66 Å². The first-order chi connectivity index (χ1) is 9.20. The minimum Gasteiger partial charge on any atom is -0.481 e. The maximum atomic E-state index is 10.9. The Labute approximate surface area is 111 Å². The van der Waals surface area contributed by atoms with Crippen molar-refractivity contribution in [1.29, 1.82) is 0 Å². The van der Waals surface area contributed by atoms with Gasteiger partial charge in [-0.15, -0.1) is 0 Å². The smallest absolute Gasteiger partial charge is 0.311 e. The molecule has 0 spiro atoms. The van der Waals surface area contributed by atoms with E-state index in [1.165, 1.54) is 19.2 Å². The monoisotopic (exact) mass is 266 g/mol. The predicted octanol–water partition coefficient (Wildman–Crippen LogP) is 1.41. The first kappa shape index (κ1) is 13.5. The van der Waals surface area contributed by atoms with E-state index in [0.29, 0.717) is 18.3 Å². The zero-order valence-electron chi connectivity index (χ0n) is 10.9. The van der Waals surface area contributed by atoms with Crippen LogP contribution in [0.1, 0.15) is 12.8 Å². The summed E-state index contributed by atoms with van der Waals surface area (Å²) in [7, 11) is 1.49. The number of nitrogens with one attached hydrogen (secondary N) is 2. The van der Waals surface area contributed by atoms with Gasteiger partial charge in [-0.05, 0) is 31.8 Å². The van der Waals surface area contributed by atoms with Crippen LogP contribution in [-0.4, -0.2) is 36.7 Å². The lowest BCUT2D eigenvalue weighted by Crippen LogP contribution is -2.31. The maximum absolute atomic E-state index is 10.9. The number of aromatic nitrogens is 1. The van der Waals surface area contributed by atoms with Crippen molar-refractivity contribution in [2.45, 2.75) is 12.8 Å². The van der Waals surface area contributed by atoms with Crippen molar-refractivity contribution in [3.8, 4) is 5.88 Å². The topological polar surface area (TPSA) is 89.3 Å². The summed E-state index contributed by atoms with van der Waals surface area (Å²) in [5, 5.41) is 17.3. The normalized spacial score (nSPS) is 16.1. The second-order valence-electron chi connectivity index (χ2n) is 4.55. The van der Waals surface area contributed by atoms with E-state index in [1.807, 2.05) is 0 Å². The Morgan fingerprint density at radius 3 is 2.89 bits per heavy atom. The largest absolute Gasteiger partial charge is 0.481 e. The van der Waals surface area contributed by atoms with Crippen LogP contribution in [0.2, 0.25) is 0 Å². The number of anilines is 1. The Bertz CT molecular complexity index is 447. The molecule has 1 aromatic heterocycles. The molecule has 0 atom stereocenters. The Morgan fingerprint density at radius 1 is 1.53 bits per heavy atom. The quantitative estimate of drug-likeness (QED) is 0.618. The zero-order chi connectivity index (χ0) is 13.7. The Kier molecular flexibility index (Phi) is 4.51. The molecule has 0 bridgehead atoms. The molecule has 2 heterocycles. The molecule has 7 heteroatoms. The number of nitrogens with zero attached hydrogens (tertiary/aromatic N) is 2. The van der Waals surface area contributed by atoms with Crippen molar-refractivity contribution in [2.75, 3.05) is 32.1 Å². The van der Waals surface area contributed by atoms with Crippen LogP contribution in [-0.2, 0) is 0 Å². The fourth-order valence-corrected chi connectivity index (χ4v) is 2.15. The molecule has 1 aliphatic heterocycles. The van der Waals surface area contributed by atoms with Gasteiger partial charge in [0.15, 0.2) is 0 Å². The summed E-state index contributed by atoms with van der Waals surface area (Å²) in [4.78, 5) is 14.6. The summed E-state index contributed by atoms with van der Waals surface area (Å²) in [6.45, 7) is 2.70. The van der Waals surface area contributed by atoms with Gasteiger partial charge in [-0.2, -0.15) is 4.98 Å². The molecular weight excluding hydrogens is 248 g/mol. The maximum Gasteiger partial charge on any atom is 0.311 e. The summed E-state index contributed by atoms with van der Waals surface area (Å²) in [5.41, 5.74) is -0.0188. The lowest BCUT2D eigenvalue weighted by molar-refractivity contribution is -0.384. The van der Waals surface area contributed by atoms with Crippen LogP contribution in [0, 0.1) is 16.0 Å². The van der Waals surface area contributed by atoms with Crippen LogP contribution in [0.4, 0.5) is 11.5 Å². The molecule has 2 N–H and O–H groups in total. The van der Waals surface area contributed by atoms with E-state index >= 15 is 0 Å². The highest BCUT2D eigenvalue weighted by Gasteiger charge is 2.18. The Balaban J connectivity index is 2.06. The Hall–Kier alpha value is -1.89. The van der Waals surface area contributed by atoms with Gasteiger partial charge in [-0.1, -0.05) is 0 Å². The molecule has 1 saturated heterocycles. The molecule has 1 aromatic rings. The van der Waals surface area contributed by atoms with Crippen molar-refractivity contribution in [2.24, 2.45) is 5.92 Å². The third-order valence-corrected chi connectivity index (χ3v) is 3.27.